The van der Waals surface area contributed by atoms with Crippen molar-refractivity contribution in [3.63, 3.8) is 0 Å². The van der Waals surface area contributed by atoms with Crippen LogP contribution in [0.25, 0.3) is 0 Å². The molecule has 1 aromatic rings. The van der Waals surface area contributed by atoms with Crippen LogP contribution in [0.15, 0.2) is 24.3 Å². The molecule has 0 spiro atoms. The Morgan fingerprint density at radius 1 is 1.29 bits per heavy atom. The summed E-state index contributed by atoms with van der Waals surface area (Å²) >= 11 is 0. The number of aliphatic hydroxyl groups is 1. The molecule has 0 radical (unpaired) electrons. The van der Waals surface area contributed by atoms with E-state index in [0.717, 1.165) is 25.8 Å². The number of fused-ring (bicyclic) bond motifs is 1. The van der Waals surface area contributed by atoms with E-state index < -0.39 is 5.41 Å². The van der Waals surface area contributed by atoms with Crippen molar-refractivity contribution in [2.45, 2.75) is 25.8 Å². The zero-order valence-electron chi connectivity index (χ0n) is 9.85. The largest absolute Gasteiger partial charge is 0.395 e. The molecular weight excluding hydrogens is 214 g/mol. The molecule has 0 bridgehead atoms. The molecule has 17 heavy (non-hydrogen) atoms. The number of amides is 1. The van der Waals surface area contributed by atoms with Gasteiger partial charge in [-0.05, 0) is 30.4 Å². The summed E-state index contributed by atoms with van der Waals surface area (Å²) in [6.45, 7) is 1.50. The van der Waals surface area contributed by atoms with E-state index in [9.17, 15) is 9.90 Å². The lowest BCUT2D eigenvalue weighted by Crippen LogP contribution is -2.41. The fraction of sp³-hybridized carbons (Fsp3) is 0.500. The van der Waals surface area contributed by atoms with Gasteiger partial charge in [0.05, 0.1) is 12.0 Å². The number of hydrogen-bond donors (Lipinski definition) is 1. The minimum atomic E-state index is -0.424. The molecule has 1 aliphatic heterocycles. The summed E-state index contributed by atoms with van der Waals surface area (Å²) in [4.78, 5) is 14.2. The van der Waals surface area contributed by atoms with Crippen LogP contribution in [-0.4, -0.2) is 29.1 Å². The SMILES string of the molecule is O=C(N1CCc2ccccc2C1)C1(CO)CC1. The van der Waals surface area contributed by atoms with Gasteiger partial charge in [0.15, 0.2) is 0 Å². The van der Waals surface area contributed by atoms with Crippen LogP contribution in [-0.2, 0) is 17.8 Å². The highest BCUT2D eigenvalue weighted by atomic mass is 16.3. The molecule has 3 heteroatoms. The highest BCUT2D eigenvalue weighted by Crippen LogP contribution is 2.47. The zero-order valence-corrected chi connectivity index (χ0v) is 9.85. The van der Waals surface area contributed by atoms with Crippen molar-refractivity contribution in [3.05, 3.63) is 35.4 Å². The average molecular weight is 231 g/mol. The van der Waals surface area contributed by atoms with E-state index in [1.807, 2.05) is 17.0 Å². The molecule has 0 aromatic heterocycles. The maximum Gasteiger partial charge on any atom is 0.231 e. The lowest BCUT2D eigenvalue weighted by molar-refractivity contribution is -0.139. The molecule has 1 heterocycles. The number of carbonyl (C=O) groups excluding carboxylic acids is 1. The number of rotatable bonds is 2. The molecule has 0 atom stereocenters. The number of carbonyl (C=O) groups is 1. The summed E-state index contributed by atoms with van der Waals surface area (Å²) in [7, 11) is 0. The molecule has 1 saturated carbocycles. The van der Waals surface area contributed by atoms with Crippen LogP contribution in [0.1, 0.15) is 24.0 Å². The molecule has 1 aromatic carbocycles. The van der Waals surface area contributed by atoms with Crippen LogP contribution in [0.3, 0.4) is 0 Å². The van der Waals surface area contributed by atoms with Gasteiger partial charge in [-0.1, -0.05) is 24.3 Å². The Kier molecular flexibility index (Phi) is 2.44. The van der Waals surface area contributed by atoms with Gasteiger partial charge in [-0.25, -0.2) is 0 Å². The molecule has 1 aliphatic carbocycles. The second kappa shape index (κ2) is 3.84. The Morgan fingerprint density at radius 2 is 2.00 bits per heavy atom. The molecule has 1 fully saturated rings. The first-order valence-corrected chi connectivity index (χ1v) is 6.22. The third-order valence-corrected chi connectivity index (χ3v) is 4.03. The first-order chi connectivity index (χ1) is 8.25. The normalized spacial score (nSPS) is 20.9. The Morgan fingerprint density at radius 3 is 2.65 bits per heavy atom. The lowest BCUT2D eigenvalue weighted by atomic mass is 9.98. The first kappa shape index (κ1) is 10.8. The summed E-state index contributed by atoms with van der Waals surface area (Å²) in [5, 5.41) is 9.31. The summed E-state index contributed by atoms with van der Waals surface area (Å²) in [5.41, 5.74) is 2.18. The third kappa shape index (κ3) is 1.75. The fourth-order valence-corrected chi connectivity index (χ4v) is 2.59. The van der Waals surface area contributed by atoms with Gasteiger partial charge in [-0.3, -0.25) is 4.79 Å². The average Bonchev–Trinajstić information content (AvgIpc) is 3.18. The predicted molar refractivity (Wildman–Crippen MR) is 64.3 cm³/mol. The molecule has 2 aliphatic rings. The predicted octanol–water partition coefficient (Wildman–Crippen LogP) is 1.34. The molecule has 0 saturated heterocycles. The monoisotopic (exact) mass is 231 g/mol. The Balaban J connectivity index is 1.78. The smallest absolute Gasteiger partial charge is 0.231 e. The number of benzene rings is 1. The highest BCUT2D eigenvalue weighted by molar-refractivity contribution is 5.85. The molecule has 1 N–H and O–H groups in total. The van der Waals surface area contributed by atoms with Crippen molar-refractivity contribution in [1.82, 2.24) is 4.90 Å². The molecule has 3 rings (SSSR count). The fourth-order valence-electron chi connectivity index (χ4n) is 2.59. The van der Waals surface area contributed by atoms with E-state index in [4.69, 9.17) is 0 Å². The van der Waals surface area contributed by atoms with Gasteiger partial charge in [0.1, 0.15) is 0 Å². The number of nitrogens with zero attached hydrogens (tertiary/aromatic N) is 1. The van der Waals surface area contributed by atoms with Crippen molar-refractivity contribution in [3.8, 4) is 0 Å². The van der Waals surface area contributed by atoms with Crippen molar-refractivity contribution in [2.24, 2.45) is 5.41 Å². The van der Waals surface area contributed by atoms with Gasteiger partial charge in [0.25, 0.3) is 0 Å². The zero-order chi connectivity index (χ0) is 11.9. The van der Waals surface area contributed by atoms with Gasteiger partial charge in [-0.2, -0.15) is 0 Å². The minimum absolute atomic E-state index is 0.00395. The van der Waals surface area contributed by atoms with E-state index in [1.54, 1.807) is 0 Å². The summed E-state index contributed by atoms with van der Waals surface area (Å²) in [6.07, 6.45) is 2.63. The lowest BCUT2D eigenvalue weighted by Gasteiger charge is -2.31. The highest BCUT2D eigenvalue weighted by Gasteiger charge is 2.51. The van der Waals surface area contributed by atoms with E-state index in [2.05, 4.69) is 12.1 Å². The van der Waals surface area contributed by atoms with Gasteiger partial charge < -0.3 is 10.0 Å². The first-order valence-electron chi connectivity index (χ1n) is 6.22. The maximum absolute atomic E-state index is 12.3. The van der Waals surface area contributed by atoms with Crippen molar-refractivity contribution in [2.75, 3.05) is 13.2 Å². The summed E-state index contributed by atoms with van der Waals surface area (Å²) < 4.78 is 0. The van der Waals surface area contributed by atoms with E-state index in [1.165, 1.54) is 11.1 Å². The van der Waals surface area contributed by atoms with Crippen LogP contribution in [0.4, 0.5) is 0 Å². The third-order valence-electron chi connectivity index (χ3n) is 4.03. The van der Waals surface area contributed by atoms with Crippen LogP contribution >= 0.6 is 0 Å². The number of hydrogen-bond acceptors (Lipinski definition) is 2. The van der Waals surface area contributed by atoms with E-state index in [-0.39, 0.29) is 12.5 Å². The number of aliphatic hydroxyl groups excluding tert-OH is 1. The minimum Gasteiger partial charge on any atom is -0.395 e. The van der Waals surface area contributed by atoms with E-state index in [0.29, 0.717) is 6.54 Å². The van der Waals surface area contributed by atoms with Crippen LogP contribution < -0.4 is 0 Å². The van der Waals surface area contributed by atoms with Crippen LogP contribution in [0.2, 0.25) is 0 Å². The Bertz CT molecular complexity index is 451. The Labute approximate surface area is 101 Å². The molecule has 0 unspecified atom stereocenters. The van der Waals surface area contributed by atoms with Crippen molar-refractivity contribution >= 4 is 5.91 Å². The molecule has 90 valence electrons. The molecule has 3 nitrogen and oxygen atoms in total. The standard InChI is InChI=1S/C14H17NO2/c16-10-14(6-7-14)13(17)15-8-5-11-3-1-2-4-12(11)9-15/h1-4,16H,5-10H2. The molecular formula is C14H17NO2. The van der Waals surface area contributed by atoms with Gasteiger partial charge in [-0.15, -0.1) is 0 Å². The van der Waals surface area contributed by atoms with Crippen LogP contribution in [0.5, 0.6) is 0 Å². The second-order valence-corrected chi connectivity index (χ2v) is 5.18. The Hall–Kier alpha value is -1.35. The summed E-state index contributed by atoms with van der Waals surface area (Å²) in [5.74, 6) is 0.148. The molecule has 1 amide bonds. The van der Waals surface area contributed by atoms with Gasteiger partial charge in [0, 0.05) is 13.1 Å². The second-order valence-electron chi connectivity index (χ2n) is 5.18. The topological polar surface area (TPSA) is 40.5 Å². The van der Waals surface area contributed by atoms with Crippen molar-refractivity contribution < 1.29 is 9.90 Å². The van der Waals surface area contributed by atoms with Crippen LogP contribution in [0, 0.1) is 5.41 Å². The van der Waals surface area contributed by atoms with Gasteiger partial charge in [0.2, 0.25) is 5.91 Å². The quantitative estimate of drug-likeness (QED) is 0.834. The van der Waals surface area contributed by atoms with Gasteiger partial charge >= 0.3 is 0 Å². The van der Waals surface area contributed by atoms with E-state index >= 15 is 0 Å². The summed E-state index contributed by atoms with van der Waals surface area (Å²) in [6, 6.07) is 8.29. The van der Waals surface area contributed by atoms with Crippen molar-refractivity contribution in [1.29, 1.82) is 0 Å². The maximum atomic E-state index is 12.3.